The largest absolute Gasteiger partial charge is 0.123 e. The van der Waals surface area contributed by atoms with Crippen molar-refractivity contribution in [1.29, 1.82) is 0 Å². The topological polar surface area (TPSA) is 0 Å². The lowest BCUT2D eigenvalue weighted by molar-refractivity contribution is 0.497. The third kappa shape index (κ3) is 3.87. The van der Waals surface area contributed by atoms with Crippen molar-refractivity contribution in [2.45, 2.75) is 45.4 Å². The van der Waals surface area contributed by atoms with Crippen molar-refractivity contribution in [2.75, 3.05) is 0 Å². The summed E-state index contributed by atoms with van der Waals surface area (Å²) < 4.78 is 0. The summed E-state index contributed by atoms with van der Waals surface area (Å²) in [5.74, 6) is 0.596. The molecule has 0 bridgehead atoms. The van der Waals surface area contributed by atoms with Crippen LogP contribution in [-0.2, 0) is 12.8 Å². The van der Waals surface area contributed by atoms with Crippen LogP contribution in [0.15, 0.2) is 24.3 Å². The molecule has 1 rings (SSSR count). The van der Waals surface area contributed by atoms with Crippen molar-refractivity contribution in [3.05, 3.63) is 35.4 Å². The minimum atomic E-state index is 0.265. The van der Waals surface area contributed by atoms with Gasteiger partial charge in [-0.15, -0.1) is 11.6 Å². The minimum absolute atomic E-state index is 0.265. The molecular weight excluding hydrogens is 204 g/mol. The highest BCUT2D eigenvalue weighted by atomic mass is 35.5. The first-order valence-electron chi connectivity index (χ1n) is 5.89. The summed E-state index contributed by atoms with van der Waals surface area (Å²) in [6.07, 6.45) is 3.37. The van der Waals surface area contributed by atoms with Crippen LogP contribution >= 0.6 is 11.6 Å². The van der Waals surface area contributed by atoms with E-state index in [0.717, 1.165) is 19.3 Å². The molecule has 0 fully saturated rings. The van der Waals surface area contributed by atoms with Crippen LogP contribution in [0.5, 0.6) is 0 Å². The van der Waals surface area contributed by atoms with Gasteiger partial charge in [-0.3, -0.25) is 0 Å². The first-order valence-corrected chi connectivity index (χ1v) is 6.32. The standard InChI is InChI=1S/C14H21Cl/c1-4-12-6-8-13(9-7-12)10-14(5-2)11(3)15/h6-9,11,14H,4-5,10H2,1-3H3. The van der Waals surface area contributed by atoms with Crippen molar-refractivity contribution in [3.63, 3.8) is 0 Å². The van der Waals surface area contributed by atoms with E-state index in [1.54, 1.807) is 0 Å². The van der Waals surface area contributed by atoms with Gasteiger partial charge in [0.05, 0.1) is 0 Å². The van der Waals surface area contributed by atoms with Crippen LogP contribution in [0.4, 0.5) is 0 Å². The van der Waals surface area contributed by atoms with E-state index in [-0.39, 0.29) is 5.38 Å². The van der Waals surface area contributed by atoms with Crippen LogP contribution in [0, 0.1) is 5.92 Å². The molecule has 0 saturated heterocycles. The van der Waals surface area contributed by atoms with Gasteiger partial charge in [0.15, 0.2) is 0 Å². The van der Waals surface area contributed by atoms with Gasteiger partial charge >= 0.3 is 0 Å². The van der Waals surface area contributed by atoms with Crippen molar-refractivity contribution in [2.24, 2.45) is 5.92 Å². The van der Waals surface area contributed by atoms with Gasteiger partial charge in [0.1, 0.15) is 0 Å². The summed E-state index contributed by atoms with van der Waals surface area (Å²) >= 11 is 6.15. The average molecular weight is 225 g/mol. The molecule has 2 atom stereocenters. The number of hydrogen-bond acceptors (Lipinski definition) is 0. The maximum absolute atomic E-state index is 6.15. The molecule has 0 nitrogen and oxygen atoms in total. The monoisotopic (exact) mass is 224 g/mol. The van der Waals surface area contributed by atoms with Gasteiger partial charge in [0.25, 0.3) is 0 Å². The Balaban J connectivity index is 2.63. The fraction of sp³-hybridized carbons (Fsp3) is 0.571. The lowest BCUT2D eigenvalue weighted by Crippen LogP contribution is -2.13. The van der Waals surface area contributed by atoms with Crippen LogP contribution in [-0.4, -0.2) is 5.38 Å². The molecule has 0 aliphatic heterocycles. The zero-order valence-corrected chi connectivity index (χ0v) is 10.7. The molecule has 1 aromatic rings. The second-order valence-electron chi connectivity index (χ2n) is 4.22. The van der Waals surface area contributed by atoms with E-state index in [9.17, 15) is 0 Å². The molecule has 84 valence electrons. The van der Waals surface area contributed by atoms with Gasteiger partial charge in [-0.2, -0.15) is 0 Å². The van der Waals surface area contributed by atoms with Crippen molar-refractivity contribution >= 4 is 11.6 Å². The smallest absolute Gasteiger partial charge is 0.0339 e. The van der Waals surface area contributed by atoms with Crippen LogP contribution < -0.4 is 0 Å². The number of halogens is 1. The van der Waals surface area contributed by atoms with Gasteiger partial charge < -0.3 is 0 Å². The highest BCUT2D eigenvalue weighted by Crippen LogP contribution is 2.20. The first-order chi connectivity index (χ1) is 7.17. The second-order valence-corrected chi connectivity index (χ2v) is 4.91. The van der Waals surface area contributed by atoms with E-state index in [1.165, 1.54) is 11.1 Å². The molecule has 0 amide bonds. The maximum atomic E-state index is 6.15. The Morgan fingerprint density at radius 1 is 1.07 bits per heavy atom. The van der Waals surface area contributed by atoms with Gasteiger partial charge in [-0.25, -0.2) is 0 Å². The SMILES string of the molecule is CCc1ccc(CC(CC)C(C)Cl)cc1. The normalized spacial score (nSPS) is 14.9. The van der Waals surface area contributed by atoms with E-state index >= 15 is 0 Å². The number of hydrogen-bond donors (Lipinski definition) is 0. The molecule has 0 saturated carbocycles. The Morgan fingerprint density at radius 2 is 1.60 bits per heavy atom. The van der Waals surface area contributed by atoms with Gasteiger partial charge in [0.2, 0.25) is 0 Å². The highest BCUT2D eigenvalue weighted by Gasteiger charge is 2.13. The van der Waals surface area contributed by atoms with E-state index in [2.05, 4.69) is 45.0 Å². The number of aryl methyl sites for hydroxylation is 1. The molecule has 1 heteroatoms. The Labute approximate surface area is 98.7 Å². The predicted molar refractivity (Wildman–Crippen MR) is 68.6 cm³/mol. The van der Waals surface area contributed by atoms with Crippen LogP contribution in [0.1, 0.15) is 38.3 Å². The molecule has 0 aliphatic carbocycles. The molecule has 15 heavy (non-hydrogen) atoms. The van der Waals surface area contributed by atoms with Crippen LogP contribution in [0.2, 0.25) is 0 Å². The average Bonchev–Trinajstić information content (AvgIpc) is 2.26. The lowest BCUT2D eigenvalue weighted by atomic mass is 9.93. The fourth-order valence-electron chi connectivity index (χ4n) is 1.85. The predicted octanol–water partition coefficient (Wildman–Crippen LogP) is 4.45. The van der Waals surface area contributed by atoms with Crippen LogP contribution in [0.3, 0.4) is 0 Å². The summed E-state index contributed by atoms with van der Waals surface area (Å²) in [6.45, 7) is 6.49. The second kappa shape index (κ2) is 6.17. The zero-order valence-electron chi connectivity index (χ0n) is 9.96. The Morgan fingerprint density at radius 3 is 2.00 bits per heavy atom. The molecule has 2 unspecified atom stereocenters. The highest BCUT2D eigenvalue weighted by molar-refractivity contribution is 6.20. The van der Waals surface area contributed by atoms with Crippen molar-refractivity contribution < 1.29 is 0 Å². The van der Waals surface area contributed by atoms with E-state index < -0.39 is 0 Å². The fourth-order valence-corrected chi connectivity index (χ4v) is 2.11. The Bertz CT molecular complexity index is 274. The molecule has 0 aromatic heterocycles. The van der Waals surface area contributed by atoms with Crippen molar-refractivity contribution in [1.82, 2.24) is 0 Å². The third-order valence-electron chi connectivity index (χ3n) is 3.10. The van der Waals surface area contributed by atoms with Gasteiger partial charge in [0, 0.05) is 5.38 Å². The lowest BCUT2D eigenvalue weighted by Gasteiger charge is -2.17. The molecule has 1 aromatic carbocycles. The molecule has 0 spiro atoms. The number of alkyl halides is 1. The number of rotatable bonds is 5. The van der Waals surface area contributed by atoms with E-state index in [4.69, 9.17) is 11.6 Å². The Kier molecular flexibility index (Phi) is 5.17. The van der Waals surface area contributed by atoms with Crippen LogP contribution in [0.25, 0.3) is 0 Å². The molecular formula is C14H21Cl. The third-order valence-corrected chi connectivity index (χ3v) is 3.46. The van der Waals surface area contributed by atoms with Gasteiger partial charge in [-0.1, -0.05) is 44.5 Å². The van der Waals surface area contributed by atoms with Crippen molar-refractivity contribution in [3.8, 4) is 0 Å². The molecule has 0 N–H and O–H groups in total. The maximum Gasteiger partial charge on any atom is 0.0339 e. The Hall–Kier alpha value is -0.490. The molecule has 0 aliphatic rings. The summed E-state index contributed by atoms with van der Waals surface area (Å²) in [6, 6.07) is 8.92. The summed E-state index contributed by atoms with van der Waals surface area (Å²) in [5, 5.41) is 0.265. The van der Waals surface area contributed by atoms with E-state index in [0.29, 0.717) is 5.92 Å². The first kappa shape index (κ1) is 12.6. The van der Waals surface area contributed by atoms with E-state index in [1.807, 2.05) is 0 Å². The minimum Gasteiger partial charge on any atom is -0.123 e. The zero-order chi connectivity index (χ0) is 11.3. The number of benzene rings is 1. The summed E-state index contributed by atoms with van der Waals surface area (Å²) in [4.78, 5) is 0. The summed E-state index contributed by atoms with van der Waals surface area (Å²) in [7, 11) is 0. The molecule has 0 heterocycles. The van der Waals surface area contributed by atoms with Gasteiger partial charge in [-0.05, 0) is 36.8 Å². The molecule has 0 radical (unpaired) electrons. The quantitative estimate of drug-likeness (QED) is 0.649. The summed E-state index contributed by atoms with van der Waals surface area (Å²) in [5.41, 5.74) is 2.82.